The fourth-order valence-electron chi connectivity index (χ4n) is 2.57. The quantitative estimate of drug-likeness (QED) is 0.437. The van der Waals surface area contributed by atoms with Crippen molar-refractivity contribution in [3.63, 3.8) is 0 Å². The van der Waals surface area contributed by atoms with Crippen LogP contribution in [0.15, 0.2) is 52.2 Å². The summed E-state index contributed by atoms with van der Waals surface area (Å²) in [5.41, 5.74) is 0.341. The summed E-state index contributed by atoms with van der Waals surface area (Å²) < 4.78 is 18.1. The second-order valence-corrected chi connectivity index (χ2v) is 8.02. The maximum atomic E-state index is 12.1. The number of hydrogen-bond acceptors (Lipinski definition) is 7. The molecule has 148 valence electrons. The van der Waals surface area contributed by atoms with Crippen LogP contribution in [0.2, 0.25) is 0 Å². The number of benzene rings is 1. The molecule has 0 unspecified atom stereocenters. The van der Waals surface area contributed by atoms with Crippen LogP contribution >= 0.6 is 11.8 Å². The Labute approximate surface area is 168 Å². The fraction of sp³-hybridized carbons (Fsp3) is 0.350. The lowest BCUT2D eigenvalue weighted by atomic mass is 10.2. The topological polar surface area (TPSA) is 79.4 Å². The van der Waals surface area contributed by atoms with Crippen LogP contribution < -0.4 is 4.74 Å². The maximum Gasteiger partial charge on any atom is 0.316 e. The molecule has 0 aliphatic carbocycles. The molecule has 8 heteroatoms. The van der Waals surface area contributed by atoms with Gasteiger partial charge in [-0.1, -0.05) is 23.9 Å². The number of rotatable bonds is 7. The standard InChI is InChI=1S/C20H23N3O4S/c1-20(2,3)27-17(24)13-28-19-22-21-18(14-7-5-8-15(11-14)25-4)23(19)12-16-9-6-10-26-16/h5-11H,12-13H2,1-4H3. The van der Waals surface area contributed by atoms with Gasteiger partial charge in [0.1, 0.15) is 17.1 Å². The summed E-state index contributed by atoms with van der Waals surface area (Å²) >= 11 is 1.29. The van der Waals surface area contributed by atoms with Gasteiger partial charge in [-0.05, 0) is 45.0 Å². The lowest BCUT2D eigenvalue weighted by Crippen LogP contribution is -2.25. The highest BCUT2D eigenvalue weighted by Gasteiger charge is 2.20. The molecule has 0 radical (unpaired) electrons. The molecule has 7 nitrogen and oxygen atoms in total. The van der Waals surface area contributed by atoms with Crippen LogP contribution in [0.4, 0.5) is 0 Å². The second-order valence-electron chi connectivity index (χ2n) is 7.08. The third-order valence-electron chi connectivity index (χ3n) is 3.68. The number of ether oxygens (including phenoxy) is 2. The maximum absolute atomic E-state index is 12.1. The molecule has 1 aromatic carbocycles. The van der Waals surface area contributed by atoms with Crippen molar-refractivity contribution in [2.24, 2.45) is 0 Å². The number of nitrogens with zero attached hydrogens (tertiary/aromatic N) is 3. The molecule has 0 aliphatic heterocycles. The summed E-state index contributed by atoms with van der Waals surface area (Å²) in [6, 6.07) is 11.3. The van der Waals surface area contributed by atoms with Crippen LogP contribution in [0.3, 0.4) is 0 Å². The van der Waals surface area contributed by atoms with Gasteiger partial charge in [0.05, 0.1) is 25.7 Å². The number of thioether (sulfide) groups is 1. The van der Waals surface area contributed by atoms with Crippen molar-refractivity contribution in [1.29, 1.82) is 0 Å². The number of aromatic nitrogens is 3. The molecular weight excluding hydrogens is 378 g/mol. The van der Waals surface area contributed by atoms with E-state index in [1.807, 2.05) is 61.7 Å². The van der Waals surface area contributed by atoms with Crippen LogP contribution in [-0.2, 0) is 16.1 Å². The molecule has 28 heavy (non-hydrogen) atoms. The highest BCUT2D eigenvalue weighted by molar-refractivity contribution is 7.99. The molecule has 0 fully saturated rings. The van der Waals surface area contributed by atoms with Crippen molar-refractivity contribution < 1.29 is 18.7 Å². The van der Waals surface area contributed by atoms with E-state index in [-0.39, 0.29) is 11.7 Å². The number of carbonyl (C=O) groups is 1. The molecule has 0 amide bonds. The number of furan rings is 1. The zero-order chi connectivity index (χ0) is 20.1. The third kappa shape index (κ3) is 5.16. The lowest BCUT2D eigenvalue weighted by Gasteiger charge is -2.19. The van der Waals surface area contributed by atoms with Crippen LogP contribution in [0.25, 0.3) is 11.4 Å². The molecule has 0 N–H and O–H groups in total. The summed E-state index contributed by atoms with van der Waals surface area (Å²) in [5.74, 6) is 2.01. The third-order valence-corrected chi connectivity index (χ3v) is 4.62. The number of methoxy groups -OCH3 is 1. The normalized spacial score (nSPS) is 11.4. The molecule has 0 aliphatic rings. The first-order chi connectivity index (χ1) is 13.4. The van der Waals surface area contributed by atoms with E-state index in [4.69, 9.17) is 13.9 Å². The Kier molecular flexibility index (Phi) is 6.08. The van der Waals surface area contributed by atoms with Crippen LogP contribution in [0.5, 0.6) is 5.75 Å². The lowest BCUT2D eigenvalue weighted by molar-refractivity contribution is -0.151. The van der Waals surface area contributed by atoms with Gasteiger partial charge in [-0.3, -0.25) is 9.36 Å². The predicted octanol–water partition coefficient (Wildman–Crippen LogP) is 4.03. The van der Waals surface area contributed by atoms with Gasteiger partial charge in [0.15, 0.2) is 11.0 Å². The summed E-state index contributed by atoms with van der Waals surface area (Å²) in [4.78, 5) is 12.1. The van der Waals surface area contributed by atoms with Gasteiger partial charge >= 0.3 is 5.97 Å². The fourth-order valence-corrected chi connectivity index (χ4v) is 3.28. The van der Waals surface area contributed by atoms with E-state index in [1.165, 1.54) is 11.8 Å². The van der Waals surface area contributed by atoms with Gasteiger partial charge in [0.2, 0.25) is 0 Å². The molecule has 0 bridgehead atoms. The molecular formula is C20H23N3O4S. The SMILES string of the molecule is COc1cccc(-c2nnc(SCC(=O)OC(C)(C)C)n2Cc2ccco2)c1. The molecule has 3 rings (SSSR count). The number of carbonyl (C=O) groups excluding carboxylic acids is 1. The first-order valence-corrected chi connectivity index (χ1v) is 9.79. The Bertz CT molecular complexity index is 929. The zero-order valence-corrected chi connectivity index (χ0v) is 17.2. The predicted molar refractivity (Wildman–Crippen MR) is 106 cm³/mol. The van der Waals surface area contributed by atoms with Crippen LogP contribution in [0.1, 0.15) is 26.5 Å². The smallest absolute Gasteiger partial charge is 0.316 e. The van der Waals surface area contributed by atoms with Gasteiger partial charge in [0.25, 0.3) is 0 Å². The van der Waals surface area contributed by atoms with Gasteiger partial charge < -0.3 is 13.9 Å². The molecule has 0 atom stereocenters. The van der Waals surface area contributed by atoms with E-state index in [0.717, 1.165) is 17.1 Å². The van der Waals surface area contributed by atoms with E-state index in [2.05, 4.69) is 10.2 Å². The van der Waals surface area contributed by atoms with Crippen molar-refractivity contribution >= 4 is 17.7 Å². The van der Waals surface area contributed by atoms with Gasteiger partial charge in [0, 0.05) is 5.56 Å². The minimum Gasteiger partial charge on any atom is -0.497 e. The van der Waals surface area contributed by atoms with Crippen LogP contribution in [0, 0.1) is 0 Å². The summed E-state index contributed by atoms with van der Waals surface area (Å²) in [5, 5.41) is 9.23. The first-order valence-electron chi connectivity index (χ1n) is 8.80. The monoisotopic (exact) mass is 401 g/mol. The van der Waals surface area contributed by atoms with Crippen LogP contribution in [-0.4, -0.2) is 39.2 Å². The minimum absolute atomic E-state index is 0.145. The average Bonchev–Trinajstić information content (AvgIpc) is 3.29. The summed E-state index contributed by atoms with van der Waals surface area (Å²) in [7, 11) is 1.62. The van der Waals surface area contributed by atoms with Crippen molar-refractivity contribution in [3.05, 3.63) is 48.4 Å². The highest BCUT2D eigenvalue weighted by atomic mass is 32.2. The van der Waals surface area contributed by atoms with Gasteiger partial charge in [-0.15, -0.1) is 10.2 Å². The molecule has 2 heterocycles. The molecule has 2 aromatic heterocycles. The summed E-state index contributed by atoms with van der Waals surface area (Å²) in [6.07, 6.45) is 1.62. The van der Waals surface area contributed by atoms with Gasteiger partial charge in [-0.25, -0.2) is 0 Å². The Balaban J connectivity index is 1.87. The second kappa shape index (κ2) is 8.52. The zero-order valence-electron chi connectivity index (χ0n) is 16.3. The van der Waals surface area contributed by atoms with E-state index in [9.17, 15) is 4.79 Å². The van der Waals surface area contributed by atoms with E-state index >= 15 is 0 Å². The van der Waals surface area contributed by atoms with Crippen molar-refractivity contribution in [2.75, 3.05) is 12.9 Å². The van der Waals surface area contributed by atoms with E-state index in [1.54, 1.807) is 13.4 Å². The summed E-state index contributed by atoms with van der Waals surface area (Å²) in [6.45, 7) is 5.98. The number of esters is 1. The molecule has 0 spiro atoms. The largest absolute Gasteiger partial charge is 0.497 e. The first kappa shape index (κ1) is 20.0. The van der Waals surface area contributed by atoms with Crippen molar-refractivity contribution in [2.45, 2.75) is 38.1 Å². The molecule has 0 saturated carbocycles. The van der Waals surface area contributed by atoms with Crippen molar-refractivity contribution in [3.8, 4) is 17.1 Å². The average molecular weight is 401 g/mol. The Morgan fingerprint density at radius 2 is 2.04 bits per heavy atom. The van der Waals surface area contributed by atoms with E-state index in [0.29, 0.717) is 17.5 Å². The van der Waals surface area contributed by atoms with Crippen molar-refractivity contribution in [1.82, 2.24) is 14.8 Å². The Hall–Kier alpha value is -2.74. The Morgan fingerprint density at radius 1 is 1.21 bits per heavy atom. The minimum atomic E-state index is -0.523. The van der Waals surface area contributed by atoms with Gasteiger partial charge in [-0.2, -0.15) is 0 Å². The number of hydrogen-bond donors (Lipinski definition) is 0. The Morgan fingerprint density at radius 3 is 2.71 bits per heavy atom. The molecule has 0 saturated heterocycles. The molecule has 3 aromatic rings. The van der Waals surface area contributed by atoms with E-state index < -0.39 is 5.60 Å². The highest BCUT2D eigenvalue weighted by Crippen LogP contribution is 2.28.